The first kappa shape index (κ1) is 22.4. The van der Waals surface area contributed by atoms with Crippen molar-refractivity contribution in [2.75, 3.05) is 19.7 Å². The molecule has 0 radical (unpaired) electrons. The average Bonchev–Trinajstić information content (AvgIpc) is 3.66. The molecule has 9 rings (SSSR count). The third-order valence-corrected chi connectivity index (χ3v) is 11.0. The quantitative estimate of drug-likeness (QED) is 0.573. The number of hydrogen-bond donors (Lipinski definition) is 1. The Labute approximate surface area is 218 Å². The summed E-state index contributed by atoms with van der Waals surface area (Å²) in [5.74, 6) is 2.41. The molecule has 2 aliphatic heterocycles. The Hall–Kier alpha value is -2.63. The van der Waals surface area contributed by atoms with Crippen molar-refractivity contribution in [1.29, 1.82) is 0 Å². The fraction of sp³-hybridized carbons (Fsp3) is 0.531. The summed E-state index contributed by atoms with van der Waals surface area (Å²) in [5.41, 5.74) is 2.73. The van der Waals surface area contributed by atoms with E-state index in [4.69, 9.17) is 9.47 Å². The van der Waals surface area contributed by atoms with E-state index in [0.717, 1.165) is 55.3 Å². The molecule has 1 N–H and O–H groups in total. The number of nitrogens with zero attached hydrogens (tertiary/aromatic N) is 1. The highest BCUT2D eigenvalue weighted by molar-refractivity contribution is 5.82. The maximum atomic E-state index is 13.2. The topological polar surface area (TPSA) is 59.0 Å². The van der Waals surface area contributed by atoms with Crippen molar-refractivity contribution in [3.8, 4) is 11.5 Å². The lowest BCUT2D eigenvalue weighted by Crippen LogP contribution is -2.78. The van der Waals surface area contributed by atoms with E-state index in [1.807, 2.05) is 18.2 Å². The smallest absolute Gasteiger partial charge is 0.165 e. The van der Waals surface area contributed by atoms with Crippen LogP contribution in [0.1, 0.15) is 49.3 Å². The van der Waals surface area contributed by atoms with Gasteiger partial charge in [0, 0.05) is 34.9 Å². The summed E-state index contributed by atoms with van der Waals surface area (Å²) >= 11 is 0. The molecule has 2 heterocycles. The van der Waals surface area contributed by atoms with Gasteiger partial charge in [-0.15, -0.1) is 0 Å². The summed E-state index contributed by atoms with van der Waals surface area (Å²) in [6, 6.07) is 15.0. The number of piperidine rings is 1. The average molecular weight is 498 g/mol. The van der Waals surface area contributed by atoms with Crippen molar-refractivity contribution >= 4 is 5.78 Å². The molecule has 5 heteroatoms. The highest BCUT2D eigenvalue weighted by Gasteiger charge is 2.79. The Morgan fingerprint density at radius 1 is 1.16 bits per heavy atom. The zero-order valence-corrected chi connectivity index (χ0v) is 21.5. The summed E-state index contributed by atoms with van der Waals surface area (Å²) in [5, 5.41) is 11.0. The fourth-order valence-electron chi connectivity index (χ4n) is 9.21. The van der Waals surface area contributed by atoms with Crippen molar-refractivity contribution in [2.45, 2.75) is 63.2 Å². The molecule has 1 saturated heterocycles. The molecule has 4 bridgehead atoms. The molecule has 37 heavy (non-hydrogen) atoms. The Morgan fingerprint density at radius 3 is 2.76 bits per heavy atom. The Kier molecular flexibility index (Phi) is 4.52. The zero-order chi connectivity index (χ0) is 25.0. The molecule has 2 aromatic rings. The summed E-state index contributed by atoms with van der Waals surface area (Å²) in [6.45, 7) is 4.34. The summed E-state index contributed by atoms with van der Waals surface area (Å²) in [6.07, 6.45) is 9.85. The second-order valence-electron chi connectivity index (χ2n) is 12.6. The van der Waals surface area contributed by atoms with Gasteiger partial charge in [-0.2, -0.15) is 0 Å². The summed E-state index contributed by atoms with van der Waals surface area (Å²) in [4.78, 5) is 15.9. The van der Waals surface area contributed by atoms with Gasteiger partial charge in [0.25, 0.3) is 0 Å². The van der Waals surface area contributed by atoms with E-state index in [-0.39, 0.29) is 35.2 Å². The van der Waals surface area contributed by atoms with Crippen LogP contribution in [0.15, 0.2) is 54.6 Å². The first-order valence-electron chi connectivity index (χ1n) is 14.1. The van der Waals surface area contributed by atoms with Gasteiger partial charge >= 0.3 is 0 Å². The Bertz CT molecular complexity index is 1320. The van der Waals surface area contributed by atoms with E-state index >= 15 is 0 Å². The van der Waals surface area contributed by atoms with Crippen LogP contribution in [-0.2, 0) is 23.2 Å². The van der Waals surface area contributed by atoms with Crippen LogP contribution >= 0.6 is 0 Å². The summed E-state index contributed by atoms with van der Waals surface area (Å²) in [7, 11) is 0. The first-order chi connectivity index (χ1) is 18.0. The number of rotatable bonds is 7. The van der Waals surface area contributed by atoms with Crippen molar-refractivity contribution in [1.82, 2.24) is 4.90 Å². The normalized spacial score (nSPS) is 38.3. The predicted molar refractivity (Wildman–Crippen MR) is 140 cm³/mol. The van der Waals surface area contributed by atoms with Crippen molar-refractivity contribution in [3.05, 3.63) is 71.3 Å². The zero-order valence-electron chi connectivity index (χ0n) is 21.5. The van der Waals surface area contributed by atoms with Gasteiger partial charge in [0.2, 0.25) is 0 Å². The van der Waals surface area contributed by atoms with E-state index in [1.54, 1.807) is 6.92 Å². The molecule has 2 spiro atoms. The minimum atomic E-state index is -0.693. The SMILES string of the molecule is CC(=O)[C@H]1C[C@@]23C=CC1(CO)[C@@H]1Oc4c(OCc5ccccc5)ccc5c4[C@@]12CCN(CC1CC1)[C@@H]3C5. The van der Waals surface area contributed by atoms with Crippen LogP contribution in [0.25, 0.3) is 0 Å². The third-order valence-electron chi connectivity index (χ3n) is 11.0. The van der Waals surface area contributed by atoms with Crippen molar-refractivity contribution in [2.24, 2.45) is 22.7 Å². The number of carbonyl (C=O) groups excluding carboxylic acids is 1. The summed E-state index contributed by atoms with van der Waals surface area (Å²) < 4.78 is 13.4. The van der Waals surface area contributed by atoms with E-state index < -0.39 is 5.41 Å². The Morgan fingerprint density at radius 2 is 2.00 bits per heavy atom. The molecular weight excluding hydrogens is 462 g/mol. The minimum Gasteiger partial charge on any atom is -0.485 e. The van der Waals surface area contributed by atoms with Gasteiger partial charge < -0.3 is 14.6 Å². The lowest BCUT2D eigenvalue weighted by molar-refractivity contribution is -0.187. The first-order valence-corrected chi connectivity index (χ1v) is 14.1. The van der Waals surface area contributed by atoms with Gasteiger partial charge in [0.15, 0.2) is 11.5 Å². The maximum Gasteiger partial charge on any atom is 0.165 e. The van der Waals surface area contributed by atoms with Crippen LogP contribution in [0.5, 0.6) is 11.5 Å². The second-order valence-corrected chi connectivity index (χ2v) is 12.6. The lowest BCUT2D eigenvalue weighted by Gasteiger charge is -2.71. The number of ketones is 1. The fourth-order valence-corrected chi connectivity index (χ4v) is 9.21. The molecular formula is C32H35NO4. The molecule has 2 aromatic carbocycles. The van der Waals surface area contributed by atoms with Gasteiger partial charge in [-0.3, -0.25) is 9.69 Å². The highest BCUT2D eigenvalue weighted by atomic mass is 16.5. The molecule has 0 amide bonds. The second kappa shape index (κ2) is 7.48. The molecule has 5 nitrogen and oxygen atoms in total. The molecule has 0 aromatic heterocycles. The van der Waals surface area contributed by atoms with E-state index in [2.05, 4.69) is 41.3 Å². The number of carbonyl (C=O) groups is 1. The number of aliphatic hydroxyl groups is 1. The van der Waals surface area contributed by atoms with Gasteiger partial charge in [0.05, 0.1) is 12.0 Å². The van der Waals surface area contributed by atoms with E-state index in [0.29, 0.717) is 12.6 Å². The van der Waals surface area contributed by atoms with E-state index in [1.165, 1.54) is 24.0 Å². The van der Waals surface area contributed by atoms with Crippen LogP contribution < -0.4 is 9.47 Å². The number of ether oxygens (including phenoxy) is 2. The standard InChI is InChI=1S/C32H35NO4/c1-20(35)24-16-31-12-11-30(24,19-34)29-32(31)13-14-33(17-21-7-8-21)26(31)15-23-9-10-25(28(37-29)27(23)32)36-18-22-5-3-2-4-6-22/h2-6,9-12,21,24,26,29,34H,7-8,13-19H2,1H3/t24-,26-,29+,30?,31-,32+/m1/s1. The lowest BCUT2D eigenvalue weighted by atomic mass is 9.35. The molecule has 1 unspecified atom stereocenters. The van der Waals surface area contributed by atoms with Crippen LogP contribution in [0.3, 0.4) is 0 Å². The van der Waals surface area contributed by atoms with Gasteiger partial charge in [-0.05, 0) is 68.7 Å². The highest BCUT2D eigenvalue weighted by Crippen LogP contribution is 2.76. The number of likely N-dealkylation sites (tertiary alicyclic amines) is 1. The maximum absolute atomic E-state index is 13.2. The van der Waals surface area contributed by atoms with Crippen LogP contribution in [-0.4, -0.2) is 47.6 Å². The van der Waals surface area contributed by atoms with Crippen LogP contribution in [0.2, 0.25) is 0 Å². The number of Topliss-reactive ketones (excluding diaryl/α,β-unsaturated/α-hetero) is 1. The molecule has 2 saturated carbocycles. The van der Waals surface area contributed by atoms with Crippen LogP contribution in [0.4, 0.5) is 0 Å². The number of aliphatic hydroxyl groups excluding tert-OH is 1. The van der Waals surface area contributed by atoms with Gasteiger partial charge in [-0.1, -0.05) is 48.6 Å². The molecule has 192 valence electrons. The third kappa shape index (κ3) is 2.70. The number of benzene rings is 2. The molecule has 5 aliphatic carbocycles. The largest absolute Gasteiger partial charge is 0.485 e. The number of fused-ring (bicyclic) bond motifs is 1. The van der Waals surface area contributed by atoms with E-state index in [9.17, 15) is 9.90 Å². The predicted octanol–water partition coefficient (Wildman–Crippen LogP) is 4.45. The van der Waals surface area contributed by atoms with Gasteiger partial charge in [-0.25, -0.2) is 0 Å². The molecule has 6 atom stereocenters. The van der Waals surface area contributed by atoms with Crippen molar-refractivity contribution in [3.63, 3.8) is 0 Å². The molecule has 3 fully saturated rings. The monoisotopic (exact) mass is 497 g/mol. The van der Waals surface area contributed by atoms with Crippen LogP contribution in [0, 0.1) is 22.7 Å². The Balaban J connectivity index is 1.30. The minimum absolute atomic E-state index is 0.0732. The van der Waals surface area contributed by atoms with Crippen molar-refractivity contribution < 1.29 is 19.4 Å². The molecule has 7 aliphatic rings. The number of hydrogen-bond acceptors (Lipinski definition) is 5. The van der Waals surface area contributed by atoms with Gasteiger partial charge in [0.1, 0.15) is 18.5 Å².